The molecule has 1 aliphatic carbocycles. The van der Waals surface area contributed by atoms with E-state index in [4.69, 9.17) is 4.98 Å². The van der Waals surface area contributed by atoms with Gasteiger partial charge in [-0.1, -0.05) is 0 Å². The summed E-state index contributed by atoms with van der Waals surface area (Å²) in [7, 11) is 0. The second-order valence-electron chi connectivity index (χ2n) is 7.02. The standard InChI is InChI=1S/C19H25N5O/c1-14-12-18(22-19(21-14)15-4-3-7-20-13-15)24-10-8-23(9-11-24)16-5-2-6-17(16)25/h3-4,7,12-13,16-17,25H,2,5-6,8-11H2,1H3/t16-,17-/m0/s1. The summed E-state index contributed by atoms with van der Waals surface area (Å²) in [5.41, 5.74) is 1.91. The van der Waals surface area contributed by atoms with Crippen LogP contribution >= 0.6 is 0 Å². The molecule has 2 fully saturated rings. The molecule has 0 aromatic carbocycles. The number of anilines is 1. The first-order chi connectivity index (χ1) is 12.2. The zero-order chi connectivity index (χ0) is 17.2. The van der Waals surface area contributed by atoms with Crippen LogP contribution in [0.15, 0.2) is 30.6 Å². The highest BCUT2D eigenvalue weighted by atomic mass is 16.3. The molecular formula is C19H25N5O. The van der Waals surface area contributed by atoms with Crippen LogP contribution in [0.3, 0.4) is 0 Å². The fraction of sp³-hybridized carbons (Fsp3) is 0.526. The smallest absolute Gasteiger partial charge is 0.163 e. The third-order valence-corrected chi connectivity index (χ3v) is 5.31. The average molecular weight is 339 g/mol. The number of aliphatic hydroxyl groups excluding tert-OH is 1. The van der Waals surface area contributed by atoms with Crippen LogP contribution in [0.2, 0.25) is 0 Å². The molecule has 3 heterocycles. The van der Waals surface area contributed by atoms with E-state index in [1.165, 1.54) is 0 Å². The van der Waals surface area contributed by atoms with E-state index in [2.05, 4.69) is 25.8 Å². The van der Waals surface area contributed by atoms with Gasteiger partial charge in [-0.2, -0.15) is 0 Å². The van der Waals surface area contributed by atoms with Crippen molar-refractivity contribution in [2.75, 3.05) is 31.1 Å². The van der Waals surface area contributed by atoms with E-state index in [0.29, 0.717) is 6.04 Å². The maximum Gasteiger partial charge on any atom is 0.163 e. The number of aryl methyl sites for hydroxylation is 1. The molecule has 0 unspecified atom stereocenters. The first-order valence-corrected chi connectivity index (χ1v) is 9.14. The Morgan fingerprint density at radius 3 is 2.64 bits per heavy atom. The van der Waals surface area contributed by atoms with Crippen molar-refractivity contribution in [1.29, 1.82) is 0 Å². The Morgan fingerprint density at radius 1 is 1.12 bits per heavy atom. The molecule has 1 saturated heterocycles. The molecule has 1 saturated carbocycles. The highest BCUT2D eigenvalue weighted by molar-refractivity contribution is 5.56. The molecule has 2 aliphatic rings. The summed E-state index contributed by atoms with van der Waals surface area (Å²) < 4.78 is 0. The summed E-state index contributed by atoms with van der Waals surface area (Å²) in [4.78, 5) is 18.3. The Morgan fingerprint density at radius 2 is 1.96 bits per heavy atom. The second-order valence-corrected chi connectivity index (χ2v) is 7.02. The molecule has 0 radical (unpaired) electrons. The van der Waals surface area contributed by atoms with Crippen LogP contribution in [0.4, 0.5) is 5.82 Å². The minimum Gasteiger partial charge on any atom is -0.391 e. The van der Waals surface area contributed by atoms with Crippen molar-refractivity contribution in [3.05, 3.63) is 36.3 Å². The zero-order valence-corrected chi connectivity index (χ0v) is 14.7. The highest BCUT2D eigenvalue weighted by Gasteiger charge is 2.32. The molecule has 2 aromatic rings. The quantitative estimate of drug-likeness (QED) is 0.921. The van der Waals surface area contributed by atoms with Gasteiger partial charge in [0.15, 0.2) is 5.82 Å². The highest BCUT2D eigenvalue weighted by Crippen LogP contribution is 2.26. The molecule has 6 nitrogen and oxygen atoms in total. The Labute approximate surface area is 148 Å². The van der Waals surface area contributed by atoms with Crippen LogP contribution in [0, 0.1) is 6.92 Å². The number of piperazine rings is 1. The van der Waals surface area contributed by atoms with E-state index in [1.54, 1.807) is 12.4 Å². The van der Waals surface area contributed by atoms with Gasteiger partial charge in [-0.05, 0) is 38.3 Å². The van der Waals surface area contributed by atoms with Crippen LogP contribution in [-0.4, -0.2) is 63.3 Å². The van der Waals surface area contributed by atoms with E-state index >= 15 is 0 Å². The van der Waals surface area contributed by atoms with Crippen LogP contribution in [-0.2, 0) is 0 Å². The lowest BCUT2D eigenvalue weighted by Gasteiger charge is -2.39. The number of hydrogen-bond donors (Lipinski definition) is 1. The van der Waals surface area contributed by atoms with Gasteiger partial charge in [-0.15, -0.1) is 0 Å². The topological polar surface area (TPSA) is 65.4 Å². The first kappa shape index (κ1) is 16.4. The lowest BCUT2D eigenvalue weighted by molar-refractivity contribution is 0.0671. The van der Waals surface area contributed by atoms with Crippen LogP contribution < -0.4 is 4.90 Å². The summed E-state index contributed by atoms with van der Waals surface area (Å²) >= 11 is 0. The van der Waals surface area contributed by atoms with Gasteiger partial charge >= 0.3 is 0 Å². The average Bonchev–Trinajstić information content (AvgIpc) is 3.08. The molecule has 0 bridgehead atoms. The molecule has 2 atom stereocenters. The number of nitrogens with zero attached hydrogens (tertiary/aromatic N) is 5. The molecule has 4 rings (SSSR count). The van der Waals surface area contributed by atoms with Crippen molar-refractivity contribution >= 4 is 5.82 Å². The lowest BCUT2D eigenvalue weighted by Crippen LogP contribution is -2.52. The van der Waals surface area contributed by atoms with Crippen molar-refractivity contribution in [2.24, 2.45) is 0 Å². The summed E-state index contributed by atoms with van der Waals surface area (Å²) in [6, 6.07) is 6.30. The third-order valence-electron chi connectivity index (χ3n) is 5.31. The van der Waals surface area contributed by atoms with Gasteiger partial charge in [0.1, 0.15) is 5.82 Å². The van der Waals surface area contributed by atoms with E-state index in [1.807, 2.05) is 19.1 Å². The van der Waals surface area contributed by atoms with Gasteiger partial charge in [-0.3, -0.25) is 9.88 Å². The lowest BCUT2D eigenvalue weighted by atomic mass is 10.1. The van der Waals surface area contributed by atoms with E-state index < -0.39 is 0 Å². The maximum atomic E-state index is 10.1. The van der Waals surface area contributed by atoms with Gasteiger partial charge in [0.05, 0.1) is 6.10 Å². The number of aliphatic hydroxyl groups is 1. The van der Waals surface area contributed by atoms with Gasteiger partial charge in [-0.25, -0.2) is 9.97 Å². The van der Waals surface area contributed by atoms with E-state index in [0.717, 1.165) is 68.3 Å². The number of aromatic nitrogens is 3. The van der Waals surface area contributed by atoms with E-state index in [9.17, 15) is 5.11 Å². The van der Waals surface area contributed by atoms with Crippen LogP contribution in [0.25, 0.3) is 11.4 Å². The molecule has 1 aliphatic heterocycles. The van der Waals surface area contributed by atoms with Gasteiger partial charge in [0, 0.05) is 61.9 Å². The molecule has 0 spiro atoms. The maximum absolute atomic E-state index is 10.1. The molecule has 2 aromatic heterocycles. The van der Waals surface area contributed by atoms with E-state index in [-0.39, 0.29) is 6.10 Å². The van der Waals surface area contributed by atoms with Crippen molar-refractivity contribution < 1.29 is 5.11 Å². The predicted octanol–water partition coefficient (Wildman–Crippen LogP) is 1.88. The second kappa shape index (κ2) is 7.06. The normalized spacial score (nSPS) is 24.6. The Balaban J connectivity index is 1.49. The minimum absolute atomic E-state index is 0.148. The number of rotatable bonds is 3. The Kier molecular flexibility index (Phi) is 4.63. The monoisotopic (exact) mass is 339 g/mol. The van der Waals surface area contributed by atoms with Crippen molar-refractivity contribution in [3.63, 3.8) is 0 Å². The van der Waals surface area contributed by atoms with Crippen molar-refractivity contribution in [1.82, 2.24) is 19.9 Å². The zero-order valence-electron chi connectivity index (χ0n) is 14.7. The fourth-order valence-electron chi connectivity index (χ4n) is 3.97. The Bertz CT molecular complexity index is 715. The summed E-state index contributed by atoms with van der Waals surface area (Å²) in [5.74, 6) is 1.72. The van der Waals surface area contributed by atoms with Crippen LogP contribution in [0.1, 0.15) is 25.0 Å². The fourth-order valence-corrected chi connectivity index (χ4v) is 3.97. The summed E-state index contributed by atoms with van der Waals surface area (Å²) in [6.07, 6.45) is 6.63. The number of hydrogen-bond acceptors (Lipinski definition) is 6. The SMILES string of the molecule is Cc1cc(N2CCN([C@H]3CCC[C@@H]3O)CC2)nc(-c2cccnc2)n1. The van der Waals surface area contributed by atoms with Gasteiger partial charge in [0.2, 0.25) is 0 Å². The van der Waals surface area contributed by atoms with Crippen LogP contribution in [0.5, 0.6) is 0 Å². The third kappa shape index (κ3) is 3.50. The molecule has 0 amide bonds. The van der Waals surface area contributed by atoms with Gasteiger partial charge < -0.3 is 10.0 Å². The molecule has 132 valence electrons. The minimum atomic E-state index is -0.148. The molecule has 6 heteroatoms. The molecule has 1 N–H and O–H groups in total. The predicted molar refractivity (Wildman–Crippen MR) is 97.4 cm³/mol. The summed E-state index contributed by atoms with van der Waals surface area (Å²) in [5, 5.41) is 10.1. The molecular weight excluding hydrogens is 314 g/mol. The van der Waals surface area contributed by atoms with Crippen molar-refractivity contribution in [2.45, 2.75) is 38.3 Å². The Hall–Kier alpha value is -2.05. The molecule has 25 heavy (non-hydrogen) atoms. The first-order valence-electron chi connectivity index (χ1n) is 9.14. The van der Waals surface area contributed by atoms with Gasteiger partial charge in [0.25, 0.3) is 0 Å². The number of pyridine rings is 1. The largest absolute Gasteiger partial charge is 0.391 e. The van der Waals surface area contributed by atoms with Crippen molar-refractivity contribution in [3.8, 4) is 11.4 Å². The summed E-state index contributed by atoms with van der Waals surface area (Å²) in [6.45, 7) is 5.84.